The highest BCUT2D eigenvalue weighted by Crippen LogP contribution is 2.24. The summed E-state index contributed by atoms with van der Waals surface area (Å²) >= 11 is 4.98. The van der Waals surface area contributed by atoms with Crippen molar-refractivity contribution in [2.45, 2.75) is 13.8 Å². The zero-order valence-corrected chi connectivity index (χ0v) is 11.3. The zero-order valence-electron chi connectivity index (χ0n) is 10.4. The Morgan fingerprint density at radius 2 is 1.78 bits per heavy atom. The van der Waals surface area contributed by atoms with Gasteiger partial charge in [0, 0.05) is 5.56 Å². The number of nitrogens with two attached hydrogens (primary N) is 1. The average molecular weight is 257 g/mol. The van der Waals surface area contributed by atoms with Crippen LogP contribution in [-0.2, 0) is 0 Å². The first-order valence-electron chi connectivity index (χ1n) is 5.71. The number of aryl methyl sites for hydroxylation is 2. The molecule has 2 rings (SSSR count). The van der Waals surface area contributed by atoms with Crippen molar-refractivity contribution in [3.63, 3.8) is 0 Å². The molecule has 0 unspecified atom stereocenters. The number of rotatable bonds is 3. The molecule has 0 saturated heterocycles. The summed E-state index contributed by atoms with van der Waals surface area (Å²) in [6, 6.07) is 13.7. The largest absolute Gasteiger partial charge is 0.457 e. The summed E-state index contributed by atoms with van der Waals surface area (Å²) in [5, 5.41) is 0. The molecule has 0 spiro atoms. The SMILES string of the molecule is Cc1cccc(Oc2ccc(C(N)=S)c(C)c2)c1. The van der Waals surface area contributed by atoms with E-state index in [0.717, 1.165) is 22.6 Å². The molecular formula is C15H15NOS. The fourth-order valence-electron chi connectivity index (χ4n) is 1.79. The smallest absolute Gasteiger partial charge is 0.127 e. The Balaban J connectivity index is 2.25. The lowest BCUT2D eigenvalue weighted by molar-refractivity contribution is 0.482. The standard InChI is InChI=1S/C15H15NOS/c1-10-4-3-5-12(8-10)17-13-6-7-14(15(16)18)11(2)9-13/h3-9H,1-2H3,(H2,16,18). The van der Waals surface area contributed by atoms with Crippen LogP contribution in [0.15, 0.2) is 42.5 Å². The molecule has 0 amide bonds. The van der Waals surface area contributed by atoms with Crippen molar-refractivity contribution in [3.8, 4) is 11.5 Å². The number of ether oxygens (including phenoxy) is 1. The monoisotopic (exact) mass is 257 g/mol. The van der Waals surface area contributed by atoms with Gasteiger partial charge in [0.15, 0.2) is 0 Å². The molecule has 18 heavy (non-hydrogen) atoms. The Morgan fingerprint density at radius 3 is 2.39 bits per heavy atom. The fraction of sp³-hybridized carbons (Fsp3) is 0.133. The van der Waals surface area contributed by atoms with Crippen molar-refractivity contribution >= 4 is 17.2 Å². The molecule has 2 nitrogen and oxygen atoms in total. The molecule has 0 aliphatic rings. The topological polar surface area (TPSA) is 35.2 Å². The molecule has 0 saturated carbocycles. The molecule has 92 valence electrons. The van der Waals surface area contributed by atoms with Crippen LogP contribution < -0.4 is 10.5 Å². The second-order valence-electron chi connectivity index (χ2n) is 4.26. The number of benzene rings is 2. The third-order valence-electron chi connectivity index (χ3n) is 2.69. The van der Waals surface area contributed by atoms with Gasteiger partial charge in [-0.15, -0.1) is 0 Å². The number of hydrogen-bond acceptors (Lipinski definition) is 2. The lowest BCUT2D eigenvalue weighted by atomic mass is 10.1. The highest BCUT2D eigenvalue weighted by molar-refractivity contribution is 7.80. The van der Waals surface area contributed by atoms with Crippen LogP contribution in [0.2, 0.25) is 0 Å². The van der Waals surface area contributed by atoms with Crippen LogP contribution in [-0.4, -0.2) is 4.99 Å². The van der Waals surface area contributed by atoms with Gasteiger partial charge < -0.3 is 10.5 Å². The molecule has 0 aromatic heterocycles. The van der Waals surface area contributed by atoms with E-state index in [1.165, 1.54) is 5.56 Å². The molecular weight excluding hydrogens is 242 g/mol. The number of thiocarbonyl (C=S) groups is 1. The van der Waals surface area contributed by atoms with Gasteiger partial charge >= 0.3 is 0 Å². The summed E-state index contributed by atoms with van der Waals surface area (Å²) in [6.45, 7) is 4.01. The maximum Gasteiger partial charge on any atom is 0.127 e. The van der Waals surface area contributed by atoms with Crippen molar-refractivity contribution in [3.05, 3.63) is 59.2 Å². The van der Waals surface area contributed by atoms with Crippen molar-refractivity contribution in [1.82, 2.24) is 0 Å². The predicted octanol–water partition coefficient (Wildman–Crippen LogP) is 3.73. The van der Waals surface area contributed by atoms with E-state index in [4.69, 9.17) is 22.7 Å². The average Bonchev–Trinajstić information content (AvgIpc) is 2.28. The summed E-state index contributed by atoms with van der Waals surface area (Å²) in [7, 11) is 0. The lowest BCUT2D eigenvalue weighted by Crippen LogP contribution is -2.10. The van der Waals surface area contributed by atoms with E-state index in [2.05, 4.69) is 0 Å². The van der Waals surface area contributed by atoms with E-state index in [9.17, 15) is 0 Å². The number of hydrogen-bond donors (Lipinski definition) is 1. The van der Waals surface area contributed by atoms with Crippen LogP contribution in [0.4, 0.5) is 0 Å². The van der Waals surface area contributed by atoms with Crippen molar-refractivity contribution < 1.29 is 4.74 Å². The molecule has 0 heterocycles. The van der Waals surface area contributed by atoms with Gasteiger partial charge in [-0.2, -0.15) is 0 Å². The fourth-order valence-corrected chi connectivity index (χ4v) is 2.02. The molecule has 0 radical (unpaired) electrons. The van der Waals surface area contributed by atoms with Crippen molar-refractivity contribution in [2.24, 2.45) is 5.73 Å². The second kappa shape index (κ2) is 5.19. The predicted molar refractivity (Wildman–Crippen MR) is 78.3 cm³/mol. The minimum atomic E-state index is 0.412. The first-order valence-corrected chi connectivity index (χ1v) is 6.12. The molecule has 0 bridgehead atoms. The van der Waals surface area contributed by atoms with Gasteiger partial charge in [-0.1, -0.05) is 24.4 Å². The highest BCUT2D eigenvalue weighted by Gasteiger charge is 2.04. The molecule has 3 heteroatoms. The van der Waals surface area contributed by atoms with E-state index in [1.807, 2.05) is 56.3 Å². The van der Waals surface area contributed by atoms with Gasteiger partial charge in [0.05, 0.1) is 0 Å². The Morgan fingerprint density at radius 1 is 1.06 bits per heavy atom. The zero-order chi connectivity index (χ0) is 13.1. The molecule has 2 N–H and O–H groups in total. The summed E-state index contributed by atoms with van der Waals surface area (Å²) in [6.07, 6.45) is 0. The van der Waals surface area contributed by atoms with Crippen LogP contribution >= 0.6 is 12.2 Å². The maximum absolute atomic E-state index is 5.79. The van der Waals surface area contributed by atoms with Gasteiger partial charge in [0.1, 0.15) is 16.5 Å². The molecule has 0 aliphatic carbocycles. The third-order valence-corrected chi connectivity index (χ3v) is 2.91. The van der Waals surface area contributed by atoms with Crippen LogP contribution in [0.25, 0.3) is 0 Å². The third kappa shape index (κ3) is 2.87. The summed E-state index contributed by atoms with van der Waals surface area (Å²) in [4.78, 5) is 0.412. The van der Waals surface area contributed by atoms with E-state index < -0.39 is 0 Å². The first-order chi connectivity index (χ1) is 8.56. The summed E-state index contributed by atoms with van der Waals surface area (Å²) < 4.78 is 5.79. The van der Waals surface area contributed by atoms with Gasteiger partial charge in [-0.25, -0.2) is 0 Å². The molecule has 2 aromatic rings. The van der Waals surface area contributed by atoms with Gasteiger partial charge in [0.2, 0.25) is 0 Å². The Labute approximate surface area is 112 Å². The molecule has 0 fully saturated rings. The van der Waals surface area contributed by atoms with E-state index in [-0.39, 0.29) is 0 Å². The van der Waals surface area contributed by atoms with Crippen LogP contribution in [0.5, 0.6) is 11.5 Å². The lowest BCUT2D eigenvalue weighted by Gasteiger charge is -2.09. The summed E-state index contributed by atoms with van der Waals surface area (Å²) in [5.74, 6) is 1.62. The van der Waals surface area contributed by atoms with Crippen LogP contribution in [0.1, 0.15) is 16.7 Å². The van der Waals surface area contributed by atoms with Gasteiger partial charge in [-0.3, -0.25) is 0 Å². The molecule has 2 aromatic carbocycles. The Hall–Kier alpha value is -1.87. The normalized spacial score (nSPS) is 10.1. The first kappa shape index (κ1) is 12.6. The van der Waals surface area contributed by atoms with Crippen LogP contribution in [0, 0.1) is 13.8 Å². The molecule has 0 aliphatic heterocycles. The maximum atomic E-state index is 5.79. The van der Waals surface area contributed by atoms with Gasteiger partial charge in [0.25, 0.3) is 0 Å². The summed E-state index contributed by atoms with van der Waals surface area (Å²) in [5.41, 5.74) is 8.71. The van der Waals surface area contributed by atoms with Crippen molar-refractivity contribution in [1.29, 1.82) is 0 Å². The Bertz CT molecular complexity index is 593. The van der Waals surface area contributed by atoms with Crippen molar-refractivity contribution in [2.75, 3.05) is 0 Å². The highest BCUT2D eigenvalue weighted by atomic mass is 32.1. The van der Waals surface area contributed by atoms with Gasteiger partial charge in [-0.05, 0) is 55.3 Å². The minimum Gasteiger partial charge on any atom is -0.457 e. The quantitative estimate of drug-likeness (QED) is 0.851. The van der Waals surface area contributed by atoms with E-state index >= 15 is 0 Å². The van der Waals surface area contributed by atoms with Crippen LogP contribution in [0.3, 0.4) is 0 Å². The van der Waals surface area contributed by atoms with E-state index in [1.54, 1.807) is 0 Å². The Kier molecular flexibility index (Phi) is 3.63. The molecule has 0 atom stereocenters. The second-order valence-corrected chi connectivity index (χ2v) is 4.70. The van der Waals surface area contributed by atoms with E-state index in [0.29, 0.717) is 4.99 Å². The minimum absolute atomic E-state index is 0.412.